The minimum Gasteiger partial charge on any atom is -0.493 e. The zero-order valence-corrected chi connectivity index (χ0v) is 15.3. The monoisotopic (exact) mass is 407 g/mol. The number of nitro groups is 1. The number of fused-ring (bicyclic) bond motifs is 1. The van der Waals surface area contributed by atoms with Crippen LogP contribution >= 0.6 is 0 Å². The van der Waals surface area contributed by atoms with Crippen LogP contribution in [0.5, 0.6) is 11.5 Å². The fourth-order valence-corrected chi connectivity index (χ4v) is 2.80. The number of nitrogens with zero attached hydrogens (tertiary/aromatic N) is 3. The summed E-state index contributed by atoms with van der Waals surface area (Å²) in [5.41, 5.74) is -0.510. The molecule has 0 saturated heterocycles. The molecule has 0 fully saturated rings. The molecule has 3 aromatic rings. The third-order valence-corrected chi connectivity index (χ3v) is 4.11. The Hall–Kier alpha value is -3.76. The summed E-state index contributed by atoms with van der Waals surface area (Å²) < 4.78 is 42.6. The first-order valence-corrected chi connectivity index (χ1v) is 8.19. The molecule has 9 nitrogen and oxygen atoms in total. The number of carbonyl (C=O) groups excluding carboxylic acids is 1. The van der Waals surface area contributed by atoms with Crippen LogP contribution in [0.4, 0.5) is 14.5 Å². The minimum absolute atomic E-state index is 0.0512. The van der Waals surface area contributed by atoms with Crippen LogP contribution in [-0.4, -0.2) is 34.7 Å². The molecule has 1 aromatic heterocycles. The topological polar surface area (TPSA) is 106 Å². The van der Waals surface area contributed by atoms with Crippen LogP contribution in [0.15, 0.2) is 36.4 Å². The molecule has 0 aliphatic carbocycles. The summed E-state index contributed by atoms with van der Waals surface area (Å²) in [6.07, 6.45) is 0. The van der Waals surface area contributed by atoms with E-state index in [2.05, 4.69) is 4.98 Å². The van der Waals surface area contributed by atoms with Crippen molar-refractivity contribution in [3.63, 3.8) is 0 Å². The van der Waals surface area contributed by atoms with Gasteiger partial charge in [0.15, 0.2) is 17.3 Å². The molecule has 0 unspecified atom stereocenters. The fraction of sp³-hybridized carbons (Fsp3) is 0.222. The second kappa shape index (κ2) is 8.09. The Bertz CT molecular complexity index is 1080. The first kappa shape index (κ1) is 20.0. The molecule has 152 valence electrons. The van der Waals surface area contributed by atoms with Gasteiger partial charge in [0.2, 0.25) is 0 Å². The maximum Gasteiger partial charge on any atom is 0.345 e. The number of aromatic nitrogens is 2. The third-order valence-electron chi connectivity index (χ3n) is 4.11. The Balaban J connectivity index is 1.93. The smallest absolute Gasteiger partial charge is 0.345 e. The Labute approximate surface area is 162 Å². The Morgan fingerprint density at radius 3 is 2.48 bits per heavy atom. The molecule has 0 aliphatic rings. The van der Waals surface area contributed by atoms with Crippen LogP contribution < -0.4 is 9.47 Å². The fourth-order valence-electron chi connectivity index (χ4n) is 2.80. The van der Waals surface area contributed by atoms with Crippen molar-refractivity contribution in [3.05, 3.63) is 57.9 Å². The summed E-state index contributed by atoms with van der Waals surface area (Å²) >= 11 is 0. The number of imidazole rings is 1. The van der Waals surface area contributed by atoms with E-state index in [1.54, 1.807) is 18.2 Å². The third kappa shape index (κ3) is 3.79. The highest BCUT2D eigenvalue weighted by Gasteiger charge is 2.27. The molecule has 0 atom stereocenters. The van der Waals surface area contributed by atoms with Gasteiger partial charge in [-0.3, -0.25) is 14.7 Å². The highest BCUT2D eigenvalue weighted by atomic mass is 19.3. The number of ether oxygens (including phenoxy) is 3. The molecule has 1 heterocycles. The van der Waals surface area contributed by atoms with Gasteiger partial charge in [-0.1, -0.05) is 12.1 Å². The van der Waals surface area contributed by atoms with Crippen molar-refractivity contribution in [1.29, 1.82) is 0 Å². The molecule has 0 N–H and O–H groups in total. The number of halogens is 2. The van der Waals surface area contributed by atoms with Gasteiger partial charge in [-0.25, -0.2) is 9.78 Å². The van der Waals surface area contributed by atoms with Crippen molar-refractivity contribution in [2.24, 2.45) is 0 Å². The highest BCUT2D eigenvalue weighted by molar-refractivity contribution is 5.95. The predicted octanol–water partition coefficient (Wildman–Crippen LogP) is 3.71. The molecule has 0 bridgehead atoms. The largest absolute Gasteiger partial charge is 0.493 e. The SMILES string of the molecule is COc1cc(C(=O)OCc2nc3ccccc3n2C(F)F)c([N+](=O)[O-])cc1OC. The van der Waals surface area contributed by atoms with E-state index in [1.165, 1.54) is 20.3 Å². The zero-order chi connectivity index (χ0) is 21.1. The van der Waals surface area contributed by atoms with Gasteiger partial charge in [-0.2, -0.15) is 8.78 Å². The summed E-state index contributed by atoms with van der Waals surface area (Å²) in [5.74, 6) is -1.16. The van der Waals surface area contributed by atoms with Crippen LogP contribution in [0.3, 0.4) is 0 Å². The van der Waals surface area contributed by atoms with E-state index >= 15 is 0 Å². The normalized spacial score (nSPS) is 10.9. The van der Waals surface area contributed by atoms with Gasteiger partial charge in [0.05, 0.1) is 36.2 Å². The van der Waals surface area contributed by atoms with E-state index in [4.69, 9.17) is 14.2 Å². The van der Waals surface area contributed by atoms with Gasteiger partial charge in [-0.05, 0) is 12.1 Å². The van der Waals surface area contributed by atoms with E-state index in [-0.39, 0.29) is 22.8 Å². The van der Waals surface area contributed by atoms with Crippen molar-refractivity contribution in [2.45, 2.75) is 13.2 Å². The average molecular weight is 407 g/mol. The zero-order valence-electron chi connectivity index (χ0n) is 15.3. The van der Waals surface area contributed by atoms with E-state index < -0.39 is 35.3 Å². The number of rotatable bonds is 7. The van der Waals surface area contributed by atoms with Gasteiger partial charge >= 0.3 is 12.5 Å². The number of hydrogen-bond acceptors (Lipinski definition) is 7. The molecular formula is C18H15F2N3O6. The number of carbonyl (C=O) groups is 1. The lowest BCUT2D eigenvalue weighted by Crippen LogP contribution is -2.12. The van der Waals surface area contributed by atoms with Gasteiger partial charge in [0, 0.05) is 6.07 Å². The van der Waals surface area contributed by atoms with Crippen molar-refractivity contribution in [2.75, 3.05) is 14.2 Å². The number of benzene rings is 2. The maximum atomic E-state index is 13.5. The summed E-state index contributed by atoms with van der Waals surface area (Å²) in [7, 11) is 2.58. The van der Waals surface area contributed by atoms with E-state index in [1.807, 2.05) is 0 Å². The second-order valence-corrected chi connectivity index (χ2v) is 5.72. The Morgan fingerprint density at radius 1 is 1.21 bits per heavy atom. The highest BCUT2D eigenvalue weighted by Crippen LogP contribution is 2.35. The Morgan fingerprint density at radius 2 is 1.86 bits per heavy atom. The summed E-state index contributed by atoms with van der Waals surface area (Å²) in [6, 6.07) is 8.32. The molecule has 29 heavy (non-hydrogen) atoms. The molecule has 2 aromatic carbocycles. The van der Waals surface area contributed by atoms with Crippen LogP contribution in [0.1, 0.15) is 22.7 Å². The minimum atomic E-state index is -2.91. The van der Waals surface area contributed by atoms with Crippen LogP contribution in [0, 0.1) is 10.1 Å². The van der Waals surface area contributed by atoms with Crippen LogP contribution in [0.25, 0.3) is 11.0 Å². The summed E-state index contributed by atoms with van der Waals surface area (Å²) in [4.78, 5) is 27.0. The number of para-hydroxylation sites is 2. The number of alkyl halides is 2. The molecule has 3 rings (SSSR count). The number of nitro benzene ring substituents is 1. The first-order valence-electron chi connectivity index (χ1n) is 8.19. The number of esters is 1. The molecule has 0 amide bonds. The lowest BCUT2D eigenvalue weighted by atomic mass is 10.1. The summed E-state index contributed by atoms with van der Waals surface area (Å²) in [6.45, 7) is -3.52. The number of methoxy groups -OCH3 is 2. The molecule has 0 spiro atoms. The quantitative estimate of drug-likeness (QED) is 0.334. The van der Waals surface area contributed by atoms with Gasteiger partial charge in [-0.15, -0.1) is 0 Å². The van der Waals surface area contributed by atoms with Gasteiger partial charge in [0.25, 0.3) is 5.69 Å². The molecular weight excluding hydrogens is 392 g/mol. The van der Waals surface area contributed by atoms with Crippen molar-refractivity contribution in [3.8, 4) is 11.5 Å². The van der Waals surface area contributed by atoms with Gasteiger partial charge in [0.1, 0.15) is 12.2 Å². The summed E-state index contributed by atoms with van der Waals surface area (Å²) in [5, 5.41) is 11.3. The van der Waals surface area contributed by atoms with Crippen molar-refractivity contribution < 1.29 is 32.7 Å². The standard InChI is InChI=1S/C18H15F2N3O6/c1-27-14-7-10(13(23(25)26)8-15(14)28-2)17(24)29-9-16-21-11-5-3-4-6-12(11)22(16)18(19)20/h3-8,18H,9H2,1-2H3. The van der Waals surface area contributed by atoms with E-state index in [0.29, 0.717) is 10.1 Å². The predicted molar refractivity (Wildman–Crippen MR) is 96.3 cm³/mol. The van der Waals surface area contributed by atoms with E-state index in [9.17, 15) is 23.7 Å². The Kier molecular flexibility index (Phi) is 5.57. The van der Waals surface area contributed by atoms with Crippen LogP contribution in [0.2, 0.25) is 0 Å². The second-order valence-electron chi connectivity index (χ2n) is 5.72. The lowest BCUT2D eigenvalue weighted by Gasteiger charge is -2.11. The van der Waals surface area contributed by atoms with Crippen molar-refractivity contribution >= 4 is 22.7 Å². The van der Waals surface area contributed by atoms with Crippen LogP contribution in [-0.2, 0) is 11.3 Å². The lowest BCUT2D eigenvalue weighted by molar-refractivity contribution is -0.385. The van der Waals surface area contributed by atoms with E-state index in [0.717, 1.165) is 12.1 Å². The molecule has 0 aliphatic heterocycles. The molecule has 0 radical (unpaired) electrons. The first-order chi connectivity index (χ1) is 13.9. The van der Waals surface area contributed by atoms with Crippen molar-refractivity contribution in [1.82, 2.24) is 9.55 Å². The average Bonchev–Trinajstić information content (AvgIpc) is 3.09. The molecule has 0 saturated carbocycles. The maximum absolute atomic E-state index is 13.5. The number of hydrogen-bond donors (Lipinski definition) is 0. The van der Waals surface area contributed by atoms with Gasteiger partial charge < -0.3 is 14.2 Å². The molecule has 11 heteroatoms.